The van der Waals surface area contributed by atoms with Crippen LogP contribution in [0.1, 0.15) is 22.5 Å². The van der Waals surface area contributed by atoms with Crippen LogP contribution in [0.3, 0.4) is 0 Å². The number of carbonyl (C=O) groups excluding carboxylic acids is 1. The van der Waals surface area contributed by atoms with Crippen LogP contribution in [0.2, 0.25) is 0 Å². The van der Waals surface area contributed by atoms with Crippen molar-refractivity contribution in [3.8, 4) is 6.07 Å². The minimum absolute atomic E-state index is 0.0429. The smallest absolute Gasteiger partial charge is 0.251 e. The average Bonchev–Trinajstić information content (AvgIpc) is 3.21. The van der Waals surface area contributed by atoms with Crippen LogP contribution in [0.15, 0.2) is 46.9 Å². The van der Waals surface area contributed by atoms with Crippen LogP contribution in [0, 0.1) is 11.3 Å². The Morgan fingerprint density at radius 3 is 2.77 bits per heavy atom. The van der Waals surface area contributed by atoms with E-state index in [1.165, 1.54) is 35.6 Å². The molecule has 1 aromatic carbocycles. The SMILES string of the molecule is N#CCCNS(=O)(=O)c1ccc(C(=O)NCc2cn3ccsc3n2)cc1. The Bertz CT molecular complexity index is 1030. The summed E-state index contributed by atoms with van der Waals surface area (Å²) in [5.74, 6) is -0.317. The highest BCUT2D eigenvalue weighted by Gasteiger charge is 2.14. The maximum absolute atomic E-state index is 12.2. The average molecular weight is 389 g/mol. The third-order valence-electron chi connectivity index (χ3n) is 3.53. The Hall–Kier alpha value is -2.74. The predicted octanol–water partition coefficient (Wildman–Crippen LogP) is 1.52. The lowest BCUT2D eigenvalue weighted by Gasteiger charge is -2.07. The summed E-state index contributed by atoms with van der Waals surface area (Å²) in [6.07, 6.45) is 3.82. The van der Waals surface area contributed by atoms with E-state index >= 15 is 0 Å². The van der Waals surface area contributed by atoms with Gasteiger partial charge >= 0.3 is 0 Å². The molecule has 2 aromatic heterocycles. The van der Waals surface area contributed by atoms with E-state index < -0.39 is 10.0 Å². The normalized spacial score (nSPS) is 11.3. The number of aromatic nitrogens is 2. The number of nitrogens with zero attached hydrogens (tertiary/aromatic N) is 3. The van der Waals surface area contributed by atoms with Gasteiger partial charge < -0.3 is 5.32 Å². The lowest BCUT2D eigenvalue weighted by atomic mass is 10.2. The summed E-state index contributed by atoms with van der Waals surface area (Å²) in [5.41, 5.74) is 1.09. The molecule has 0 radical (unpaired) electrons. The molecular formula is C16H15N5O3S2. The zero-order valence-electron chi connectivity index (χ0n) is 13.5. The predicted molar refractivity (Wildman–Crippen MR) is 96.1 cm³/mol. The van der Waals surface area contributed by atoms with E-state index in [-0.39, 0.29) is 30.3 Å². The van der Waals surface area contributed by atoms with Crippen molar-refractivity contribution in [2.24, 2.45) is 0 Å². The minimum atomic E-state index is -3.68. The molecule has 8 nitrogen and oxygen atoms in total. The van der Waals surface area contributed by atoms with Gasteiger partial charge in [-0.15, -0.1) is 11.3 Å². The van der Waals surface area contributed by atoms with Crippen molar-refractivity contribution in [3.63, 3.8) is 0 Å². The minimum Gasteiger partial charge on any atom is -0.346 e. The van der Waals surface area contributed by atoms with Gasteiger partial charge in [0.15, 0.2) is 4.96 Å². The highest BCUT2D eigenvalue weighted by molar-refractivity contribution is 7.89. The third-order valence-corrected chi connectivity index (χ3v) is 5.78. The van der Waals surface area contributed by atoms with Crippen molar-refractivity contribution in [3.05, 3.63) is 53.3 Å². The Kier molecular flexibility index (Phi) is 5.32. The molecule has 0 spiro atoms. The van der Waals surface area contributed by atoms with Crippen LogP contribution in [0.25, 0.3) is 4.96 Å². The molecule has 0 bridgehead atoms. The van der Waals surface area contributed by atoms with Gasteiger partial charge in [-0.1, -0.05) is 0 Å². The van der Waals surface area contributed by atoms with E-state index in [0.717, 1.165) is 10.7 Å². The molecule has 0 fully saturated rings. The van der Waals surface area contributed by atoms with Gasteiger partial charge in [-0.2, -0.15) is 5.26 Å². The number of fused-ring (bicyclic) bond motifs is 1. The number of nitriles is 1. The second kappa shape index (κ2) is 7.65. The molecule has 0 saturated carbocycles. The van der Waals surface area contributed by atoms with Gasteiger partial charge in [-0.25, -0.2) is 18.1 Å². The number of amides is 1. The zero-order chi connectivity index (χ0) is 18.6. The number of hydrogen-bond donors (Lipinski definition) is 2. The summed E-state index contributed by atoms with van der Waals surface area (Å²) >= 11 is 1.51. The van der Waals surface area contributed by atoms with Gasteiger partial charge in [0.25, 0.3) is 5.91 Å². The number of imidazole rings is 1. The Morgan fingerprint density at radius 1 is 1.31 bits per heavy atom. The first-order chi connectivity index (χ1) is 12.5. The first-order valence-corrected chi connectivity index (χ1v) is 10.0. The van der Waals surface area contributed by atoms with Crippen LogP contribution < -0.4 is 10.0 Å². The molecule has 0 atom stereocenters. The van der Waals surface area contributed by atoms with Gasteiger partial charge in [0.1, 0.15) is 0 Å². The quantitative estimate of drug-likeness (QED) is 0.594. The molecular weight excluding hydrogens is 374 g/mol. The number of sulfonamides is 1. The number of rotatable bonds is 7. The fourth-order valence-corrected chi connectivity index (χ4v) is 4.00. The van der Waals surface area contributed by atoms with Gasteiger partial charge in [0, 0.05) is 36.3 Å². The van der Waals surface area contributed by atoms with E-state index in [9.17, 15) is 13.2 Å². The lowest BCUT2D eigenvalue weighted by Crippen LogP contribution is -2.25. The first kappa shape index (κ1) is 18.1. The van der Waals surface area contributed by atoms with Crippen molar-refractivity contribution in [2.75, 3.05) is 6.54 Å². The van der Waals surface area contributed by atoms with Gasteiger partial charge in [0.05, 0.1) is 23.2 Å². The van der Waals surface area contributed by atoms with Crippen molar-refractivity contribution < 1.29 is 13.2 Å². The van der Waals surface area contributed by atoms with E-state index in [1.807, 2.05) is 28.2 Å². The van der Waals surface area contributed by atoms with Crippen molar-refractivity contribution >= 4 is 32.2 Å². The van der Waals surface area contributed by atoms with Gasteiger partial charge in [0.2, 0.25) is 10.0 Å². The molecule has 0 aliphatic carbocycles. The molecule has 2 N–H and O–H groups in total. The Balaban J connectivity index is 1.61. The number of benzene rings is 1. The standard InChI is InChI=1S/C16H15N5O3S2/c17-6-1-7-19-26(23,24)14-4-2-12(3-5-14)15(22)18-10-13-11-21-8-9-25-16(21)20-13/h2-5,8-9,11,19H,1,7,10H2,(H,18,22). The van der Waals surface area contributed by atoms with E-state index in [1.54, 1.807) is 0 Å². The van der Waals surface area contributed by atoms with Crippen LogP contribution in [0.4, 0.5) is 0 Å². The third kappa shape index (κ3) is 4.08. The number of nitrogens with one attached hydrogen (secondary N) is 2. The summed E-state index contributed by atoms with van der Waals surface area (Å²) < 4.78 is 28.3. The van der Waals surface area contributed by atoms with Crippen LogP contribution in [-0.2, 0) is 16.6 Å². The zero-order valence-corrected chi connectivity index (χ0v) is 15.2. The fraction of sp³-hybridized carbons (Fsp3) is 0.188. The number of hydrogen-bond acceptors (Lipinski definition) is 6. The van der Waals surface area contributed by atoms with Gasteiger partial charge in [-0.05, 0) is 24.3 Å². The Labute approximate surface area is 154 Å². The van der Waals surface area contributed by atoms with Crippen LogP contribution in [-0.4, -0.2) is 30.3 Å². The monoisotopic (exact) mass is 389 g/mol. The maximum atomic E-state index is 12.2. The molecule has 1 amide bonds. The van der Waals surface area contributed by atoms with Crippen molar-refractivity contribution in [2.45, 2.75) is 17.9 Å². The Morgan fingerprint density at radius 2 is 2.08 bits per heavy atom. The second-order valence-electron chi connectivity index (χ2n) is 5.34. The molecule has 0 unspecified atom stereocenters. The molecule has 0 aliphatic rings. The fourth-order valence-electron chi connectivity index (χ4n) is 2.24. The lowest BCUT2D eigenvalue weighted by molar-refractivity contribution is 0.0950. The molecule has 0 aliphatic heterocycles. The van der Waals surface area contributed by atoms with E-state index in [2.05, 4.69) is 15.0 Å². The molecule has 134 valence electrons. The summed E-state index contributed by atoms with van der Waals surface area (Å²) in [6.45, 7) is 0.326. The van der Waals surface area contributed by atoms with Crippen LogP contribution in [0.5, 0.6) is 0 Å². The van der Waals surface area contributed by atoms with E-state index in [4.69, 9.17) is 5.26 Å². The number of thiazole rings is 1. The molecule has 2 heterocycles. The molecule has 0 saturated heterocycles. The summed E-state index contributed by atoms with van der Waals surface area (Å²) in [5, 5.41) is 13.1. The maximum Gasteiger partial charge on any atom is 0.251 e. The largest absolute Gasteiger partial charge is 0.346 e. The van der Waals surface area contributed by atoms with Crippen molar-refractivity contribution in [1.29, 1.82) is 5.26 Å². The molecule has 3 aromatic rings. The topological polar surface area (TPSA) is 116 Å². The van der Waals surface area contributed by atoms with Crippen LogP contribution >= 0.6 is 11.3 Å². The summed E-state index contributed by atoms with van der Waals surface area (Å²) in [6, 6.07) is 7.47. The van der Waals surface area contributed by atoms with Gasteiger partial charge in [-0.3, -0.25) is 9.20 Å². The molecule has 26 heavy (non-hydrogen) atoms. The summed E-state index contributed by atoms with van der Waals surface area (Å²) in [7, 11) is -3.68. The first-order valence-electron chi connectivity index (χ1n) is 7.65. The highest BCUT2D eigenvalue weighted by Crippen LogP contribution is 2.12. The second-order valence-corrected chi connectivity index (χ2v) is 7.98. The summed E-state index contributed by atoms with van der Waals surface area (Å²) in [4.78, 5) is 17.5. The molecule has 3 rings (SSSR count). The van der Waals surface area contributed by atoms with Crippen molar-refractivity contribution in [1.82, 2.24) is 19.4 Å². The van der Waals surface area contributed by atoms with E-state index in [0.29, 0.717) is 5.56 Å². The highest BCUT2D eigenvalue weighted by atomic mass is 32.2. The molecule has 10 heteroatoms. The number of carbonyl (C=O) groups is 1.